The van der Waals surface area contributed by atoms with E-state index in [1.807, 2.05) is 4.98 Å². The van der Waals surface area contributed by atoms with Gasteiger partial charge in [-0.05, 0) is 5.92 Å². The zero-order valence-corrected chi connectivity index (χ0v) is 7.37. The molecule has 0 amide bonds. The van der Waals surface area contributed by atoms with Gasteiger partial charge in [-0.25, -0.2) is 14.3 Å². The van der Waals surface area contributed by atoms with Crippen molar-refractivity contribution in [1.29, 1.82) is 0 Å². The number of fused-ring (bicyclic) bond motifs is 1. The lowest BCUT2D eigenvalue weighted by molar-refractivity contribution is 0.960. The average Bonchev–Trinajstić information content (AvgIpc) is 2.62. The highest BCUT2D eigenvalue weighted by Crippen LogP contribution is 2.02. The molecule has 0 bridgehead atoms. The molecule has 0 aliphatic carbocycles. The summed E-state index contributed by atoms with van der Waals surface area (Å²) in [6, 6.07) is 2.09. The number of aromatic nitrogens is 4. The predicted octanol–water partition coefficient (Wildman–Crippen LogP) is -1.17. The van der Waals surface area contributed by atoms with Crippen LogP contribution in [0.25, 0.3) is 11.2 Å². The lowest BCUT2D eigenvalue weighted by atomic mass is 10.5. The van der Waals surface area contributed by atoms with Crippen LogP contribution in [0.3, 0.4) is 0 Å². The fourth-order valence-electron chi connectivity index (χ4n) is 1.18. The molecule has 0 aliphatic heterocycles. The predicted molar refractivity (Wildman–Crippen MR) is 53.1 cm³/mol. The van der Waals surface area contributed by atoms with Gasteiger partial charge in [-0.2, -0.15) is 0 Å². The van der Waals surface area contributed by atoms with Gasteiger partial charge in [-0.1, -0.05) is 6.42 Å². The minimum absolute atomic E-state index is 0.0548. The number of rotatable bonds is 0. The summed E-state index contributed by atoms with van der Waals surface area (Å²) in [5, 5.41) is 0. The van der Waals surface area contributed by atoms with Crippen LogP contribution >= 0.6 is 0 Å². The Morgan fingerprint density at radius 2 is 2.00 bits per heavy atom. The van der Waals surface area contributed by atoms with E-state index in [4.69, 9.17) is 12.8 Å². The molecule has 6 nitrogen and oxygen atoms in total. The Morgan fingerprint density at radius 3 is 2.60 bits per heavy atom. The maximum Gasteiger partial charge on any atom is 0.342 e. The van der Waals surface area contributed by atoms with Crippen molar-refractivity contribution in [1.82, 2.24) is 19.5 Å². The number of hydrogen-bond acceptors (Lipinski definition) is 3. The second-order valence-corrected chi connectivity index (χ2v) is 2.65. The third-order valence-electron chi connectivity index (χ3n) is 1.81. The van der Waals surface area contributed by atoms with E-state index in [0.29, 0.717) is 0 Å². The highest BCUT2D eigenvalue weighted by Gasteiger charge is 2.10. The molecule has 0 radical (unpaired) electrons. The summed E-state index contributed by atoms with van der Waals surface area (Å²) >= 11 is 0. The molecule has 2 rings (SSSR count). The first-order valence-electron chi connectivity index (χ1n) is 3.85. The molecule has 2 N–H and O–H groups in total. The molecule has 0 atom stereocenters. The molecule has 2 aromatic rings. The summed E-state index contributed by atoms with van der Waals surface area (Å²) in [6.45, 7) is 0. The van der Waals surface area contributed by atoms with Crippen LogP contribution in [0.5, 0.6) is 0 Å². The standard InChI is InChI=1S/C9H4N4O2/c1-3-5-10-6-7(11-5)13(4-2)9(15)12-8(6)14/h1-2H,(H,10,11)(H,12,14,15). The highest BCUT2D eigenvalue weighted by atomic mass is 16.2. The van der Waals surface area contributed by atoms with Crippen molar-refractivity contribution in [3.8, 4) is 24.8 Å². The Labute approximate surface area is 83.0 Å². The second kappa shape index (κ2) is 2.89. The van der Waals surface area contributed by atoms with Gasteiger partial charge in [0.2, 0.25) is 0 Å². The molecular formula is C9H4N4O2. The van der Waals surface area contributed by atoms with Crippen molar-refractivity contribution in [3.05, 3.63) is 26.7 Å². The van der Waals surface area contributed by atoms with Crippen LogP contribution in [0.4, 0.5) is 0 Å². The Kier molecular flexibility index (Phi) is 1.71. The van der Waals surface area contributed by atoms with Crippen molar-refractivity contribution in [2.75, 3.05) is 0 Å². The van der Waals surface area contributed by atoms with E-state index in [9.17, 15) is 9.59 Å². The van der Waals surface area contributed by atoms with Crippen molar-refractivity contribution in [2.24, 2.45) is 0 Å². The molecule has 2 aromatic heterocycles. The molecule has 0 saturated heterocycles. The summed E-state index contributed by atoms with van der Waals surface area (Å²) < 4.78 is 0.869. The zero-order valence-electron chi connectivity index (χ0n) is 7.37. The lowest BCUT2D eigenvalue weighted by Gasteiger charge is -1.93. The Morgan fingerprint density at radius 1 is 1.27 bits per heavy atom. The van der Waals surface area contributed by atoms with E-state index in [2.05, 4.69) is 21.9 Å². The van der Waals surface area contributed by atoms with Gasteiger partial charge < -0.3 is 4.98 Å². The molecular weight excluding hydrogens is 196 g/mol. The van der Waals surface area contributed by atoms with Gasteiger partial charge in [0, 0.05) is 6.04 Å². The van der Waals surface area contributed by atoms with Crippen molar-refractivity contribution < 1.29 is 0 Å². The number of hydrogen-bond donors (Lipinski definition) is 2. The summed E-state index contributed by atoms with van der Waals surface area (Å²) in [7, 11) is 0. The van der Waals surface area contributed by atoms with E-state index < -0.39 is 11.2 Å². The van der Waals surface area contributed by atoms with Crippen molar-refractivity contribution in [2.45, 2.75) is 0 Å². The Balaban J connectivity index is 3.11. The number of terminal acetylenes is 2. The van der Waals surface area contributed by atoms with Crippen LogP contribution in [0.1, 0.15) is 5.82 Å². The number of imidazole rings is 1. The quantitative estimate of drug-likeness (QED) is 0.526. The maximum atomic E-state index is 11.3. The smallest absolute Gasteiger partial charge is 0.325 e. The van der Waals surface area contributed by atoms with E-state index >= 15 is 0 Å². The third-order valence-corrected chi connectivity index (χ3v) is 1.81. The first-order valence-corrected chi connectivity index (χ1v) is 3.85. The molecule has 72 valence electrons. The summed E-state index contributed by atoms with van der Waals surface area (Å²) in [6.07, 6.45) is 10.2. The monoisotopic (exact) mass is 200 g/mol. The van der Waals surface area contributed by atoms with E-state index in [1.165, 1.54) is 0 Å². The lowest BCUT2D eigenvalue weighted by Crippen LogP contribution is -2.28. The molecule has 0 aliphatic rings. The van der Waals surface area contributed by atoms with Gasteiger partial charge in [-0.3, -0.25) is 9.78 Å². The number of nitrogens with one attached hydrogen (secondary N) is 2. The number of aromatic amines is 2. The minimum atomic E-state index is -0.718. The summed E-state index contributed by atoms with van der Waals surface area (Å²) in [4.78, 5) is 31.0. The molecule has 15 heavy (non-hydrogen) atoms. The Hall–Kier alpha value is -2.73. The molecule has 6 heteroatoms. The fraction of sp³-hybridized carbons (Fsp3) is 0. The van der Waals surface area contributed by atoms with Gasteiger partial charge in [0.1, 0.15) is 0 Å². The molecule has 0 aromatic carbocycles. The molecule has 0 fully saturated rings. The Bertz CT molecular complexity index is 733. The number of nitrogens with zero attached hydrogens (tertiary/aromatic N) is 2. The SMILES string of the molecule is C#Cc1nc2c([nH]1)c(=O)[nH]c(=O)n2C#C. The van der Waals surface area contributed by atoms with Gasteiger partial charge >= 0.3 is 5.69 Å². The number of H-pyrrole nitrogens is 2. The average molecular weight is 200 g/mol. The van der Waals surface area contributed by atoms with E-state index in [-0.39, 0.29) is 17.0 Å². The van der Waals surface area contributed by atoms with Gasteiger partial charge in [0.25, 0.3) is 5.56 Å². The normalized spacial score (nSPS) is 9.73. The van der Waals surface area contributed by atoms with Crippen LogP contribution in [0, 0.1) is 24.8 Å². The van der Waals surface area contributed by atoms with Gasteiger partial charge in [0.05, 0.1) is 0 Å². The summed E-state index contributed by atoms with van der Waals surface area (Å²) in [5.41, 5.74) is -1.18. The van der Waals surface area contributed by atoms with Crippen molar-refractivity contribution >= 4 is 11.2 Å². The third kappa shape index (κ3) is 1.13. The van der Waals surface area contributed by atoms with E-state index in [1.54, 1.807) is 0 Å². The van der Waals surface area contributed by atoms with E-state index in [0.717, 1.165) is 4.57 Å². The van der Waals surface area contributed by atoms with Gasteiger partial charge in [0.15, 0.2) is 17.0 Å². The molecule has 0 unspecified atom stereocenters. The highest BCUT2D eigenvalue weighted by molar-refractivity contribution is 5.71. The van der Waals surface area contributed by atoms with Crippen LogP contribution in [0.2, 0.25) is 0 Å². The largest absolute Gasteiger partial charge is 0.342 e. The second-order valence-electron chi connectivity index (χ2n) is 2.65. The molecule has 0 spiro atoms. The van der Waals surface area contributed by atoms with Crippen molar-refractivity contribution in [3.63, 3.8) is 0 Å². The first kappa shape index (κ1) is 8.85. The fourth-order valence-corrected chi connectivity index (χ4v) is 1.18. The van der Waals surface area contributed by atoms with Gasteiger partial charge in [-0.15, -0.1) is 6.42 Å². The zero-order chi connectivity index (χ0) is 11.0. The molecule has 2 heterocycles. The van der Waals surface area contributed by atoms with Crippen LogP contribution in [0.15, 0.2) is 9.59 Å². The summed E-state index contributed by atoms with van der Waals surface area (Å²) in [5.74, 6) is 2.35. The van der Waals surface area contributed by atoms with Crippen LogP contribution in [-0.2, 0) is 0 Å². The topological polar surface area (TPSA) is 83.5 Å². The first-order chi connectivity index (χ1) is 7.17. The van der Waals surface area contributed by atoms with Crippen LogP contribution in [-0.4, -0.2) is 19.5 Å². The van der Waals surface area contributed by atoms with Crippen LogP contribution < -0.4 is 11.2 Å². The molecule has 0 saturated carbocycles. The maximum absolute atomic E-state index is 11.3. The minimum Gasteiger partial charge on any atom is -0.325 e.